The van der Waals surface area contributed by atoms with E-state index >= 15 is 0 Å². The molecule has 3 rings (SSSR count). The highest BCUT2D eigenvalue weighted by molar-refractivity contribution is 6.35. The van der Waals surface area contributed by atoms with Gasteiger partial charge in [-0.3, -0.25) is 4.98 Å². The fourth-order valence-corrected chi connectivity index (χ4v) is 2.42. The summed E-state index contributed by atoms with van der Waals surface area (Å²) < 4.78 is 0. The number of nitrogens with zero attached hydrogens (tertiary/aromatic N) is 2. The fraction of sp³-hybridized carbons (Fsp3) is 0.125. The van der Waals surface area contributed by atoms with Crippen LogP contribution in [-0.2, 0) is 6.42 Å². The normalized spacial score (nSPS) is 10.8. The first kappa shape index (κ1) is 12.1. The molecule has 0 fully saturated rings. The summed E-state index contributed by atoms with van der Waals surface area (Å²) in [6.45, 7) is 2.12. The molecule has 0 aliphatic rings. The van der Waals surface area contributed by atoms with E-state index in [1.54, 1.807) is 6.20 Å². The Morgan fingerprint density at radius 2 is 2.00 bits per heavy atom. The van der Waals surface area contributed by atoms with Crippen molar-refractivity contribution in [2.75, 3.05) is 0 Å². The Balaban J connectivity index is 2.32. The lowest BCUT2D eigenvalue weighted by Crippen LogP contribution is -1.95. The first-order chi connectivity index (χ1) is 9.29. The van der Waals surface area contributed by atoms with E-state index in [0.717, 1.165) is 28.7 Å². The number of benzene rings is 1. The highest BCUT2D eigenvalue weighted by Gasteiger charge is 2.10. The monoisotopic (exact) mass is 268 g/mol. The van der Waals surface area contributed by atoms with Gasteiger partial charge in [-0.25, -0.2) is 4.98 Å². The second-order valence-electron chi connectivity index (χ2n) is 4.38. The molecule has 0 spiro atoms. The molecule has 94 valence electrons. The van der Waals surface area contributed by atoms with Crippen molar-refractivity contribution in [1.29, 1.82) is 0 Å². The molecule has 0 bridgehead atoms. The molecule has 2 nitrogen and oxygen atoms in total. The second-order valence-corrected chi connectivity index (χ2v) is 4.78. The Labute approximate surface area is 117 Å². The molecule has 0 aliphatic heterocycles. The van der Waals surface area contributed by atoms with Gasteiger partial charge in [-0.05, 0) is 36.2 Å². The third-order valence-corrected chi connectivity index (χ3v) is 3.47. The maximum atomic E-state index is 6.23. The van der Waals surface area contributed by atoms with Crippen molar-refractivity contribution < 1.29 is 0 Å². The van der Waals surface area contributed by atoms with Crippen LogP contribution in [0.1, 0.15) is 12.5 Å². The van der Waals surface area contributed by atoms with E-state index in [9.17, 15) is 0 Å². The van der Waals surface area contributed by atoms with Gasteiger partial charge in [-0.1, -0.05) is 36.7 Å². The van der Waals surface area contributed by atoms with Crippen molar-refractivity contribution in [3.8, 4) is 11.4 Å². The van der Waals surface area contributed by atoms with Crippen LogP contribution in [0.3, 0.4) is 0 Å². The highest BCUT2D eigenvalue weighted by atomic mass is 35.5. The van der Waals surface area contributed by atoms with Crippen LogP contribution in [0, 0.1) is 0 Å². The quantitative estimate of drug-likeness (QED) is 0.683. The maximum absolute atomic E-state index is 6.23. The zero-order valence-electron chi connectivity index (χ0n) is 10.6. The van der Waals surface area contributed by atoms with Gasteiger partial charge in [-0.15, -0.1) is 0 Å². The molecule has 0 radical (unpaired) electrons. The third kappa shape index (κ3) is 2.20. The van der Waals surface area contributed by atoms with Crippen molar-refractivity contribution >= 4 is 22.5 Å². The molecule has 19 heavy (non-hydrogen) atoms. The molecule has 0 aliphatic carbocycles. The average molecular weight is 269 g/mol. The van der Waals surface area contributed by atoms with Gasteiger partial charge in [0.2, 0.25) is 0 Å². The van der Waals surface area contributed by atoms with Gasteiger partial charge >= 0.3 is 0 Å². The van der Waals surface area contributed by atoms with Gasteiger partial charge < -0.3 is 0 Å². The summed E-state index contributed by atoms with van der Waals surface area (Å²) in [7, 11) is 0. The van der Waals surface area contributed by atoms with Crippen LogP contribution in [-0.4, -0.2) is 9.97 Å². The number of rotatable bonds is 2. The van der Waals surface area contributed by atoms with Crippen molar-refractivity contribution in [1.82, 2.24) is 9.97 Å². The first-order valence-electron chi connectivity index (χ1n) is 6.29. The molecule has 2 aromatic heterocycles. The molecule has 2 heterocycles. The molecular weight excluding hydrogens is 256 g/mol. The van der Waals surface area contributed by atoms with Crippen molar-refractivity contribution in [3.63, 3.8) is 0 Å². The third-order valence-electron chi connectivity index (χ3n) is 3.16. The van der Waals surface area contributed by atoms with E-state index < -0.39 is 0 Å². The minimum atomic E-state index is 0.678. The molecule has 0 amide bonds. The number of aromatic nitrogens is 2. The SMILES string of the molecule is CCc1cc2cccc(Cl)c2nc1-c1ccccn1. The zero-order valence-corrected chi connectivity index (χ0v) is 11.4. The van der Waals surface area contributed by atoms with Crippen molar-refractivity contribution in [2.24, 2.45) is 0 Å². The second kappa shape index (κ2) is 4.98. The summed E-state index contributed by atoms with van der Waals surface area (Å²) in [6, 6.07) is 13.9. The molecule has 0 saturated carbocycles. The van der Waals surface area contributed by atoms with Crippen LogP contribution < -0.4 is 0 Å². The minimum Gasteiger partial charge on any atom is -0.255 e. The van der Waals surface area contributed by atoms with Gasteiger partial charge in [0.25, 0.3) is 0 Å². The van der Waals surface area contributed by atoms with Crippen LogP contribution in [0.5, 0.6) is 0 Å². The van der Waals surface area contributed by atoms with Crippen LogP contribution >= 0.6 is 11.6 Å². The lowest BCUT2D eigenvalue weighted by Gasteiger charge is -2.09. The van der Waals surface area contributed by atoms with Crippen LogP contribution in [0.4, 0.5) is 0 Å². The Hall–Kier alpha value is -1.93. The van der Waals surface area contributed by atoms with E-state index in [1.165, 1.54) is 5.56 Å². The van der Waals surface area contributed by atoms with E-state index in [-0.39, 0.29) is 0 Å². The van der Waals surface area contributed by atoms with E-state index in [4.69, 9.17) is 16.6 Å². The molecule has 0 N–H and O–H groups in total. The lowest BCUT2D eigenvalue weighted by molar-refractivity contribution is 1.11. The number of halogens is 1. The van der Waals surface area contributed by atoms with E-state index in [1.807, 2.05) is 36.4 Å². The molecule has 0 unspecified atom stereocenters. The summed E-state index contributed by atoms with van der Waals surface area (Å²) in [6.07, 6.45) is 2.70. The number of hydrogen-bond donors (Lipinski definition) is 0. The molecule has 3 aromatic rings. The summed E-state index contributed by atoms with van der Waals surface area (Å²) in [5, 5.41) is 1.75. The number of aryl methyl sites for hydroxylation is 1. The Bertz CT molecular complexity index is 723. The molecule has 0 saturated heterocycles. The first-order valence-corrected chi connectivity index (χ1v) is 6.67. The number of hydrogen-bond acceptors (Lipinski definition) is 2. The lowest BCUT2D eigenvalue weighted by atomic mass is 10.0. The standard InChI is InChI=1S/C16H13ClN2/c1-2-11-10-12-6-5-7-13(17)15(12)19-16(11)14-8-3-4-9-18-14/h3-10H,2H2,1H3. The summed E-state index contributed by atoms with van der Waals surface area (Å²) in [4.78, 5) is 9.11. The van der Waals surface area contributed by atoms with Crippen LogP contribution in [0.15, 0.2) is 48.7 Å². The molecule has 1 aromatic carbocycles. The Morgan fingerprint density at radius 3 is 2.74 bits per heavy atom. The van der Waals surface area contributed by atoms with Gasteiger partial charge in [0.1, 0.15) is 0 Å². The van der Waals surface area contributed by atoms with Gasteiger partial charge in [-0.2, -0.15) is 0 Å². The summed E-state index contributed by atoms with van der Waals surface area (Å²) in [5.74, 6) is 0. The van der Waals surface area contributed by atoms with Crippen LogP contribution in [0.25, 0.3) is 22.3 Å². The highest BCUT2D eigenvalue weighted by Crippen LogP contribution is 2.28. The predicted molar refractivity (Wildman–Crippen MR) is 79.4 cm³/mol. The summed E-state index contributed by atoms with van der Waals surface area (Å²) >= 11 is 6.23. The fourth-order valence-electron chi connectivity index (χ4n) is 2.20. The number of fused-ring (bicyclic) bond motifs is 1. The minimum absolute atomic E-state index is 0.678. The Morgan fingerprint density at radius 1 is 1.11 bits per heavy atom. The molecular formula is C16H13ClN2. The van der Waals surface area contributed by atoms with Crippen molar-refractivity contribution in [3.05, 3.63) is 59.2 Å². The van der Waals surface area contributed by atoms with E-state index in [2.05, 4.69) is 18.0 Å². The average Bonchev–Trinajstić information content (AvgIpc) is 2.47. The summed E-state index contributed by atoms with van der Waals surface area (Å²) in [5.41, 5.74) is 3.83. The molecule has 0 atom stereocenters. The zero-order chi connectivity index (χ0) is 13.2. The van der Waals surface area contributed by atoms with Gasteiger partial charge in [0, 0.05) is 11.6 Å². The van der Waals surface area contributed by atoms with Crippen LogP contribution in [0.2, 0.25) is 5.02 Å². The predicted octanol–water partition coefficient (Wildman–Crippen LogP) is 4.51. The Kier molecular flexibility index (Phi) is 3.18. The number of para-hydroxylation sites is 1. The van der Waals surface area contributed by atoms with Crippen molar-refractivity contribution in [2.45, 2.75) is 13.3 Å². The smallest absolute Gasteiger partial charge is 0.0926 e. The topological polar surface area (TPSA) is 25.8 Å². The van der Waals surface area contributed by atoms with Gasteiger partial charge in [0.05, 0.1) is 21.9 Å². The maximum Gasteiger partial charge on any atom is 0.0926 e. The largest absolute Gasteiger partial charge is 0.255 e. The van der Waals surface area contributed by atoms with Gasteiger partial charge in [0.15, 0.2) is 0 Å². The van der Waals surface area contributed by atoms with E-state index in [0.29, 0.717) is 5.02 Å². The molecule has 3 heteroatoms. The number of pyridine rings is 2.